The van der Waals surface area contributed by atoms with E-state index in [0.29, 0.717) is 19.0 Å². The van der Waals surface area contributed by atoms with E-state index in [1.54, 1.807) is 18.2 Å². The summed E-state index contributed by atoms with van der Waals surface area (Å²) in [7, 11) is 0. The van der Waals surface area contributed by atoms with Crippen LogP contribution in [0.2, 0.25) is 0 Å². The fourth-order valence-electron chi connectivity index (χ4n) is 2.51. The number of hydrogen-bond donors (Lipinski definition) is 3. The van der Waals surface area contributed by atoms with Crippen molar-refractivity contribution in [2.24, 2.45) is 4.99 Å². The Morgan fingerprint density at radius 2 is 1.76 bits per heavy atom. The molecule has 2 rings (SSSR count). The molecule has 0 bridgehead atoms. The molecule has 0 saturated heterocycles. The van der Waals surface area contributed by atoms with E-state index in [0.717, 1.165) is 0 Å². The first-order valence-corrected chi connectivity index (χ1v) is 8.61. The number of benzene rings is 2. The van der Waals surface area contributed by atoms with Crippen LogP contribution >= 0.6 is 0 Å². The Hall–Kier alpha value is -2.40. The number of aliphatic imine (C=N–C) groups is 1. The number of rotatable bonds is 7. The molecule has 0 aromatic heterocycles. The van der Waals surface area contributed by atoms with Crippen molar-refractivity contribution in [3.05, 3.63) is 71.5 Å². The Morgan fingerprint density at radius 1 is 1.08 bits per heavy atom. The lowest BCUT2D eigenvalue weighted by Gasteiger charge is -2.17. The highest BCUT2D eigenvalue weighted by Crippen LogP contribution is 2.16. The second-order valence-corrected chi connectivity index (χ2v) is 5.95. The van der Waals surface area contributed by atoms with Crippen molar-refractivity contribution in [2.45, 2.75) is 25.9 Å². The normalized spacial score (nSPS) is 14.0. The zero-order valence-electron chi connectivity index (χ0n) is 14.7. The molecule has 4 nitrogen and oxygen atoms in total. The predicted molar refractivity (Wildman–Crippen MR) is 100 cm³/mol. The maximum atomic E-state index is 13.7. The van der Waals surface area contributed by atoms with E-state index < -0.39 is 11.9 Å². The molecule has 0 radical (unpaired) electrons. The lowest BCUT2D eigenvalue weighted by atomic mass is 10.0. The number of nitrogens with zero attached hydrogens (tertiary/aromatic N) is 1. The molecule has 0 fully saturated rings. The van der Waals surface area contributed by atoms with E-state index in [1.165, 1.54) is 11.6 Å². The zero-order chi connectivity index (χ0) is 18.1. The molecule has 0 heterocycles. The Labute approximate surface area is 148 Å². The molecule has 5 heteroatoms. The van der Waals surface area contributed by atoms with Crippen molar-refractivity contribution in [3.8, 4) is 0 Å². The number of hydrogen-bond acceptors (Lipinski definition) is 2. The van der Waals surface area contributed by atoms with Crippen LogP contribution in [0.4, 0.5) is 4.39 Å². The molecule has 2 aromatic rings. The van der Waals surface area contributed by atoms with Gasteiger partial charge in [-0.05, 0) is 18.6 Å². The lowest BCUT2D eigenvalue weighted by Crippen LogP contribution is -2.39. The smallest absolute Gasteiger partial charge is 0.191 e. The Morgan fingerprint density at radius 3 is 2.44 bits per heavy atom. The second-order valence-electron chi connectivity index (χ2n) is 5.95. The van der Waals surface area contributed by atoms with Crippen LogP contribution in [0.5, 0.6) is 0 Å². The topological polar surface area (TPSA) is 56.7 Å². The first kappa shape index (κ1) is 18.9. The molecule has 2 unspecified atom stereocenters. The molecule has 0 aliphatic carbocycles. The van der Waals surface area contributed by atoms with Crippen LogP contribution in [-0.4, -0.2) is 30.7 Å². The van der Waals surface area contributed by atoms with Crippen LogP contribution in [0, 0.1) is 5.82 Å². The van der Waals surface area contributed by atoms with Gasteiger partial charge in [0.15, 0.2) is 5.96 Å². The van der Waals surface area contributed by atoms with Gasteiger partial charge in [0, 0.05) is 31.1 Å². The van der Waals surface area contributed by atoms with E-state index in [4.69, 9.17) is 0 Å². The van der Waals surface area contributed by atoms with E-state index in [9.17, 15) is 9.50 Å². The zero-order valence-corrected chi connectivity index (χ0v) is 14.7. The number of aliphatic hydroxyl groups is 1. The van der Waals surface area contributed by atoms with Crippen LogP contribution in [0.25, 0.3) is 0 Å². The monoisotopic (exact) mass is 343 g/mol. The van der Waals surface area contributed by atoms with Crippen LogP contribution in [-0.2, 0) is 0 Å². The molecule has 0 amide bonds. The van der Waals surface area contributed by atoms with Gasteiger partial charge in [0.1, 0.15) is 5.82 Å². The van der Waals surface area contributed by atoms with E-state index in [-0.39, 0.29) is 18.0 Å². The van der Waals surface area contributed by atoms with Crippen molar-refractivity contribution in [2.75, 3.05) is 19.6 Å². The van der Waals surface area contributed by atoms with Crippen LogP contribution in [0.1, 0.15) is 37.0 Å². The highest BCUT2D eigenvalue weighted by molar-refractivity contribution is 5.79. The first-order valence-electron chi connectivity index (χ1n) is 8.61. The third-order valence-corrected chi connectivity index (χ3v) is 3.96. The van der Waals surface area contributed by atoms with Gasteiger partial charge < -0.3 is 15.7 Å². The highest BCUT2D eigenvalue weighted by Gasteiger charge is 2.13. The van der Waals surface area contributed by atoms with Crippen molar-refractivity contribution < 1.29 is 9.50 Å². The minimum absolute atomic E-state index is 0.187. The van der Waals surface area contributed by atoms with Gasteiger partial charge >= 0.3 is 0 Å². The minimum atomic E-state index is -0.934. The van der Waals surface area contributed by atoms with Crippen LogP contribution in [0.3, 0.4) is 0 Å². The second kappa shape index (κ2) is 9.79. The number of aliphatic hydroxyl groups excluding tert-OH is 1. The van der Waals surface area contributed by atoms with E-state index >= 15 is 0 Å². The molecule has 0 aliphatic rings. The van der Waals surface area contributed by atoms with Crippen molar-refractivity contribution in [1.29, 1.82) is 0 Å². The quantitative estimate of drug-likeness (QED) is 0.534. The third kappa shape index (κ3) is 5.87. The first-order chi connectivity index (χ1) is 12.1. The van der Waals surface area contributed by atoms with Gasteiger partial charge in [0.25, 0.3) is 0 Å². The van der Waals surface area contributed by atoms with Gasteiger partial charge in [-0.25, -0.2) is 4.39 Å². The Balaban J connectivity index is 1.94. The van der Waals surface area contributed by atoms with Gasteiger partial charge in [0.05, 0.1) is 6.10 Å². The summed E-state index contributed by atoms with van der Waals surface area (Å²) in [4.78, 5) is 4.57. The van der Waals surface area contributed by atoms with Gasteiger partial charge in [-0.1, -0.05) is 55.5 Å². The molecular weight excluding hydrogens is 317 g/mol. The fourth-order valence-corrected chi connectivity index (χ4v) is 2.51. The molecule has 0 spiro atoms. The molecule has 134 valence electrons. The molecule has 2 atom stereocenters. The van der Waals surface area contributed by atoms with Gasteiger partial charge in [-0.2, -0.15) is 0 Å². The van der Waals surface area contributed by atoms with Gasteiger partial charge in [-0.15, -0.1) is 0 Å². The van der Waals surface area contributed by atoms with E-state index in [1.807, 2.05) is 25.1 Å². The standard InChI is InChI=1S/C20H26FN3O/c1-3-22-20(23-13-15(2)16-9-5-4-6-10-16)24-14-19(25)17-11-7-8-12-18(17)21/h4-12,15,19,25H,3,13-14H2,1-2H3,(H2,22,23,24). The average molecular weight is 343 g/mol. The summed E-state index contributed by atoms with van der Waals surface area (Å²) >= 11 is 0. The summed E-state index contributed by atoms with van der Waals surface area (Å²) < 4.78 is 13.7. The SMILES string of the molecule is CCNC(=NCC(C)c1ccccc1)NCC(O)c1ccccc1F. The summed E-state index contributed by atoms with van der Waals surface area (Å²) in [5, 5.41) is 16.4. The molecule has 0 aliphatic heterocycles. The molecular formula is C20H26FN3O. The van der Waals surface area contributed by atoms with Gasteiger partial charge in [-0.3, -0.25) is 4.99 Å². The molecule has 3 N–H and O–H groups in total. The van der Waals surface area contributed by atoms with Crippen LogP contribution < -0.4 is 10.6 Å². The molecule has 0 saturated carbocycles. The van der Waals surface area contributed by atoms with Crippen molar-refractivity contribution in [3.63, 3.8) is 0 Å². The molecule has 2 aromatic carbocycles. The summed E-state index contributed by atoms with van der Waals surface area (Å²) in [5.41, 5.74) is 1.51. The van der Waals surface area contributed by atoms with Gasteiger partial charge in [0.2, 0.25) is 0 Å². The predicted octanol–water partition coefficient (Wildman–Crippen LogP) is 3.22. The summed E-state index contributed by atoms with van der Waals surface area (Å²) in [6, 6.07) is 16.5. The summed E-state index contributed by atoms with van der Waals surface area (Å²) in [6.07, 6.45) is -0.934. The number of nitrogens with one attached hydrogen (secondary N) is 2. The number of halogens is 1. The van der Waals surface area contributed by atoms with Crippen molar-refractivity contribution >= 4 is 5.96 Å². The Kier molecular flexibility index (Phi) is 7.41. The number of guanidine groups is 1. The van der Waals surface area contributed by atoms with Crippen molar-refractivity contribution in [1.82, 2.24) is 10.6 Å². The minimum Gasteiger partial charge on any atom is -0.386 e. The maximum Gasteiger partial charge on any atom is 0.191 e. The fraction of sp³-hybridized carbons (Fsp3) is 0.350. The third-order valence-electron chi connectivity index (χ3n) is 3.96. The highest BCUT2D eigenvalue weighted by atomic mass is 19.1. The van der Waals surface area contributed by atoms with Crippen LogP contribution in [0.15, 0.2) is 59.6 Å². The van der Waals surface area contributed by atoms with E-state index in [2.05, 4.69) is 34.7 Å². The summed E-state index contributed by atoms with van der Waals surface area (Å²) in [6.45, 7) is 5.62. The Bertz CT molecular complexity index is 676. The largest absolute Gasteiger partial charge is 0.386 e. The maximum absolute atomic E-state index is 13.7. The lowest BCUT2D eigenvalue weighted by molar-refractivity contribution is 0.176. The molecule has 25 heavy (non-hydrogen) atoms. The summed E-state index contributed by atoms with van der Waals surface area (Å²) in [5.74, 6) is 0.491. The average Bonchev–Trinajstić information content (AvgIpc) is 2.64.